The van der Waals surface area contributed by atoms with Gasteiger partial charge in [0.1, 0.15) is 0 Å². The molecule has 0 spiro atoms. The van der Waals surface area contributed by atoms with E-state index < -0.39 is 0 Å². The molecule has 1 fully saturated rings. The molecule has 1 rings (SSSR count). The van der Waals surface area contributed by atoms with Crippen LogP contribution in [0.3, 0.4) is 0 Å². The van der Waals surface area contributed by atoms with Gasteiger partial charge in [0.2, 0.25) is 5.91 Å². The average Bonchev–Trinajstić information content (AvgIpc) is 2.57. The van der Waals surface area contributed by atoms with Crippen LogP contribution in [0.2, 0.25) is 0 Å². The summed E-state index contributed by atoms with van der Waals surface area (Å²) in [6, 6.07) is 0. The lowest BCUT2D eigenvalue weighted by atomic mass is 10.1. The van der Waals surface area contributed by atoms with Crippen molar-refractivity contribution in [3.8, 4) is 0 Å². The van der Waals surface area contributed by atoms with Crippen molar-refractivity contribution in [2.75, 3.05) is 32.8 Å². The van der Waals surface area contributed by atoms with E-state index in [1.165, 1.54) is 0 Å². The maximum atomic E-state index is 11.8. The zero-order chi connectivity index (χ0) is 11.6. The number of carbonyl (C=O) groups excluding carboxylic acids is 1. The lowest BCUT2D eigenvalue weighted by Gasteiger charge is -2.19. The van der Waals surface area contributed by atoms with Gasteiger partial charge in [0.25, 0.3) is 0 Å². The Hall–Kier alpha value is -0.610. The van der Waals surface area contributed by atoms with Crippen LogP contribution in [0, 0.1) is 0 Å². The van der Waals surface area contributed by atoms with E-state index in [4.69, 9.17) is 10.5 Å². The van der Waals surface area contributed by atoms with E-state index in [2.05, 4.69) is 0 Å². The number of ether oxygens (including phenoxy) is 1. The molecule has 1 heterocycles. The minimum Gasteiger partial charge on any atom is -0.380 e. The highest BCUT2D eigenvalue weighted by atomic mass is 16.5. The highest BCUT2D eigenvalue weighted by Crippen LogP contribution is 2.07. The van der Waals surface area contributed by atoms with E-state index in [-0.39, 0.29) is 0 Å². The molecule has 1 aliphatic rings. The second-order valence-electron chi connectivity index (χ2n) is 4.30. The molecule has 0 bridgehead atoms. The van der Waals surface area contributed by atoms with Crippen LogP contribution in [-0.2, 0) is 9.53 Å². The number of amides is 1. The van der Waals surface area contributed by atoms with Gasteiger partial charge in [0.15, 0.2) is 0 Å². The third kappa shape index (κ3) is 5.47. The first kappa shape index (κ1) is 13.5. The van der Waals surface area contributed by atoms with Crippen LogP contribution in [0.25, 0.3) is 0 Å². The summed E-state index contributed by atoms with van der Waals surface area (Å²) in [4.78, 5) is 13.8. The highest BCUT2D eigenvalue weighted by Gasteiger charge is 2.14. The standard InChI is InChI=1S/C12H24N2O2/c13-7-4-2-1-3-6-12(15)14-8-5-10-16-11-9-14/h1-11,13H2. The number of unbranched alkanes of at least 4 members (excludes halogenated alkanes) is 3. The number of carbonyl (C=O) groups is 1. The normalized spacial score (nSPS) is 17.2. The van der Waals surface area contributed by atoms with Crippen LogP contribution in [0.4, 0.5) is 0 Å². The molecule has 1 amide bonds. The van der Waals surface area contributed by atoms with Gasteiger partial charge in [-0.1, -0.05) is 12.8 Å². The fourth-order valence-electron chi connectivity index (χ4n) is 1.93. The summed E-state index contributed by atoms with van der Waals surface area (Å²) in [5.74, 6) is 0.290. The summed E-state index contributed by atoms with van der Waals surface area (Å²) in [6.07, 6.45) is 5.99. The molecule has 4 nitrogen and oxygen atoms in total. The summed E-state index contributed by atoms with van der Waals surface area (Å²) < 4.78 is 5.32. The number of hydrogen-bond acceptors (Lipinski definition) is 3. The van der Waals surface area contributed by atoms with E-state index in [1.807, 2.05) is 4.90 Å². The van der Waals surface area contributed by atoms with Gasteiger partial charge in [-0.3, -0.25) is 4.79 Å². The lowest BCUT2D eigenvalue weighted by Crippen LogP contribution is -2.32. The Labute approximate surface area is 98.1 Å². The van der Waals surface area contributed by atoms with Gasteiger partial charge < -0.3 is 15.4 Å². The molecule has 4 heteroatoms. The summed E-state index contributed by atoms with van der Waals surface area (Å²) in [6.45, 7) is 3.87. The molecule has 0 unspecified atom stereocenters. The molecule has 0 aromatic rings. The van der Waals surface area contributed by atoms with Crippen molar-refractivity contribution >= 4 is 5.91 Å². The number of hydrogen-bond donors (Lipinski definition) is 1. The van der Waals surface area contributed by atoms with Crippen molar-refractivity contribution in [2.45, 2.75) is 38.5 Å². The van der Waals surface area contributed by atoms with Crippen molar-refractivity contribution in [3.63, 3.8) is 0 Å². The minimum atomic E-state index is 0.290. The molecule has 1 saturated heterocycles. The van der Waals surface area contributed by atoms with E-state index in [1.54, 1.807) is 0 Å². The van der Waals surface area contributed by atoms with Gasteiger partial charge in [0.05, 0.1) is 6.61 Å². The first-order valence-electron chi connectivity index (χ1n) is 6.40. The first-order valence-corrected chi connectivity index (χ1v) is 6.40. The van der Waals surface area contributed by atoms with Crippen LogP contribution in [0.15, 0.2) is 0 Å². The van der Waals surface area contributed by atoms with Gasteiger partial charge in [-0.15, -0.1) is 0 Å². The number of nitrogens with zero attached hydrogens (tertiary/aromatic N) is 1. The number of rotatable bonds is 6. The molecule has 94 valence electrons. The predicted molar refractivity (Wildman–Crippen MR) is 64.2 cm³/mol. The van der Waals surface area contributed by atoms with E-state index >= 15 is 0 Å². The Balaban J connectivity index is 2.08. The van der Waals surface area contributed by atoms with Gasteiger partial charge >= 0.3 is 0 Å². The molecule has 0 saturated carbocycles. The number of nitrogens with two attached hydrogens (primary N) is 1. The van der Waals surface area contributed by atoms with Crippen molar-refractivity contribution in [3.05, 3.63) is 0 Å². The van der Waals surface area contributed by atoms with Crippen LogP contribution >= 0.6 is 0 Å². The first-order chi connectivity index (χ1) is 7.84. The third-order valence-electron chi connectivity index (χ3n) is 2.92. The zero-order valence-electron chi connectivity index (χ0n) is 10.1. The fraction of sp³-hybridized carbons (Fsp3) is 0.917. The molecule has 0 radical (unpaired) electrons. The Morgan fingerprint density at radius 1 is 1.12 bits per heavy atom. The predicted octanol–water partition coefficient (Wildman–Crippen LogP) is 1.14. The topological polar surface area (TPSA) is 55.6 Å². The van der Waals surface area contributed by atoms with Crippen LogP contribution in [-0.4, -0.2) is 43.7 Å². The second-order valence-corrected chi connectivity index (χ2v) is 4.30. The molecule has 0 aromatic carbocycles. The van der Waals surface area contributed by atoms with Crippen LogP contribution in [0.5, 0.6) is 0 Å². The SMILES string of the molecule is NCCCCCCC(=O)N1CCCOCC1. The fourth-order valence-corrected chi connectivity index (χ4v) is 1.93. The molecular weight excluding hydrogens is 204 g/mol. The summed E-state index contributed by atoms with van der Waals surface area (Å²) >= 11 is 0. The maximum absolute atomic E-state index is 11.8. The van der Waals surface area contributed by atoms with Gasteiger partial charge in [-0.2, -0.15) is 0 Å². The third-order valence-corrected chi connectivity index (χ3v) is 2.92. The van der Waals surface area contributed by atoms with Crippen LogP contribution < -0.4 is 5.73 Å². The molecule has 0 aliphatic carbocycles. The molecular formula is C12H24N2O2. The minimum absolute atomic E-state index is 0.290. The van der Waals surface area contributed by atoms with Crippen molar-refractivity contribution in [2.24, 2.45) is 5.73 Å². The van der Waals surface area contributed by atoms with Crippen molar-refractivity contribution in [1.82, 2.24) is 4.90 Å². The maximum Gasteiger partial charge on any atom is 0.222 e. The largest absolute Gasteiger partial charge is 0.380 e. The smallest absolute Gasteiger partial charge is 0.222 e. The zero-order valence-corrected chi connectivity index (χ0v) is 10.1. The van der Waals surface area contributed by atoms with Gasteiger partial charge in [-0.25, -0.2) is 0 Å². The summed E-state index contributed by atoms with van der Waals surface area (Å²) in [5.41, 5.74) is 5.42. The highest BCUT2D eigenvalue weighted by molar-refractivity contribution is 5.76. The van der Waals surface area contributed by atoms with Gasteiger partial charge in [-0.05, 0) is 25.8 Å². The Bertz CT molecular complexity index is 189. The molecule has 16 heavy (non-hydrogen) atoms. The summed E-state index contributed by atoms with van der Waals surface area (Å²) in [5, 5.41) is 0. The monoisotopic (exact) mass is 228 g/mol. The lowest BCUT2D eigenvalue weighted by molar-refractivity contribution is -0.131. The molecule has 2 N–H and O–H groups in total. The van der Waals surface area contributed by atoms with E-state index in [9.17, 15) is 4.79 Å². The van der Waals surface area contributed by atoms with Gasteiger partial charge in [0, 0.05) is 26.1 Å². The molecule has 0 atom stereocenters. The Morgan fingerprint density at radius 3 is 2.75 bits per heavy atom. The van der Waals surface area contributed by atoms with Crippen LogP contribution in [0.1, 0.15) is 38.5 Å². The Morgan fingerprint density at radius 2 is 1.94 bits per heavy atom. The molecule has 1 aliphatic heterocycles. The van der Waals surface area contributed by atoms with Crippen molar-refractivity contribution in [1.29, 1.82) is 0 Å². The van der Waals surface area contributed by atoms with E-state index in [0.717, 1.165) is 58.3 Å². The average molecular weight is 228 g/mol. The Kier molecular flexibility index (Phi) is 7.17. The molecule has 0 aromatic heterocycles. The second kappa shape index (κ2) is 8.53. The van der Waals surface area contributed by atoms with E-state index in [0.29, 0.717) is 18.9 Å². The quantitative estimate of drug-likeness (QED) is 0.694. The van der Waals surface area contributed by atoms with Crippen molar-refractivity contribution < 1.29 is 9.53 Å². The summed E-state index contributed by atoms with van der Waals surface area (Å²) in [7, 11) is 0.